The molecule has 7 nitrogen and oxygen atoms in total. The van der Waals surface area contributed by atoms with Crippen molar-refractivity contribution in [1.29, 1.82) is 0 Å². The fraction of sp³-hybridized carbons (Fsp3) is 0.517. The highest BCUT2D eigenvalue weighted by Crippen LogP contribution is 2.48. The smallest absolute Gasteiger partial charge is 0.247 e. The van der Waals surface area contributed by atoms with Crippen molar-refractivity contribution < 1.29 is 14.3 Å². The molecule has 1 unspecified atom stereocenters. The standard InChI is InChI=1S/C29H40N4O3S/c1-31(2)17-14-27(34)30-25(21-36-20-23-10-6-4-5-7-11-23)28(35)32-18-15-29(16-19-32)22-33(37-3)26-13-9-8-12-24(26)29/h4-6,8-13,25H,7,14-22H2,1-3H3,(H,30,34). The molecule has 1 fully saturated rings. The SMILES string of the molecule is CSN1CC2(CCN(C(=O)C(COCC3=CCC=CC=C3)NC(=O)CCN(C)C)CC2)c2ccccc21. The highest BCUT2D eigenvalue weighted by molar-refractivity contribution is 8.00. The van der Waals surface area contributed by atoms with Crippen LogP contribution in [0.15, 0.2) is 60.2 Å². The van der Waals surface area contributed by atoms with Crippen LogP contribution in [-0.4, -0.2) is 87.4 Å². The molecule has 1 N–H and O–H groups in total. The normalized spacial score (nSPS) is 19.1. The van der Waals surface area contributed by atoms with E-state index in [1.54, 1.807) is 11.9 Å². The molecule has 0 bridgehead atoms. The van der Waals surface area contributed by atoms with Crippen LogP contribution in [0, 0.1) is 0 Å². The van der Waals surface area contributed by atoms with Crippen LogP contribution in [0.4, 0.5) is 5.69 Å². The molecule has 200 valence electrons. The molecule has 1 aromatic carbocycles. The van der Waals surface area contributed by atoms with Gasteiger partial charge < -0.3 is 24.2 Å². The van der Waals surface area contributed by atoms with Crippen molar-refractivity contribution >= 4 is 29.4 Å². The van der Waals surface area contributed by atoms with Gasteiger partial charge in [-0.2, -0.15) is 0 Å². The molecule has 1 spiro atoms. The van der Waals surface area contributed by atoms with Gasteiger partial charge in [0.15, 0.2) is 0 Å². The van der Waals surface area contributed by atoms with Gasteiger partial charge in [-0.1, -0.05) is 60.5 Å². The van der Waals surface area contributed by atoms with Crippen LogP contribution >= 0.6 is 11.9 Å². The number of benzene rings is 1. The van der Waals surface area contributed by atoms with Crippen LogP contribution in [0.1, 0.15) is 31.2 Å². The minimum Gasteiger partial charge on any atom is -0.374 e. The van der Waals surface area contributed by atoms with Crippen molar-refractivity contribution in [3.05, 3.63) is 65.8 Å². The molecule has 2 aliphatic heterocycles. The number of carbonyl (C=O) groups is 2. The summed E-state index contributed by atoms with van der Waals surface area (Å²) in [6.45, 7) is 3.55. The predicted molar refractivity (Wildman–Crippen MR) is 152 cm³/mol. The number of hydrogen-bond acceptors (Lipinski definition) is 6. The summed E-state index contributed by atoms with van der Waals surface area (Å²) in [4.78, 5) is 30.2. The van der Waals surface area contributed by atoms with Crippen molar-refractivity contribution in [2.24, 2.45) is 0 Å². The molecule has 1 atom stereocenters. The van der Waals surface area contributed by atoms with Gasteiger partial charge in [0, 0.05) is 44.3 Å². The van der Waals surface area contributed by atoms with Gasteiger partial charge in [-0.3, -0.25) is 9.59 Å². The van der Waals surface area contributed by atoms with Crippen LogP contribution in [0.2, 0.25) is 0 Å². The Balaban J connectivity index is 1.39. The summed E-state index contributed by atoms with van der Waals surface area (Å²) in [7, 11) is 3.87. The molecule has 1 saturated heterocycles. The van der Waals surface area contributed by atoms with Crippen LogP contribution in [0.3, 0.4) is 0 Å². The molecule has 2 amide bonds. The van der Waals surface area contributed by atoms with Gasteiger partial charge in [0.1, 0.15) is 6.04 Å². The van der Waals surface area contributed by atoms with E-state index in [1.807, 2.05) is 42.1 Å². The maximum absolute atomic E-state index is 13.6. The zero-order valence-corrected chi connectivity index (χ0v) is 23.1. The molecule has 0 aromatic heterocycles. The second-order valence-electron chi connectivity index (χ2n) is 10.3. The number of likely N-dealkylation sites (tertiary alicyclic amines) is 1. The first-order chi connectivity index (χ1) is 17.9. The summed E-state index contributed by atoms with van der Waals surface area (Å²) in [5.41, 5.74) is 3.84. The van der Waals surface area contributed by atoms with Crippen molar-refractivity contribution in [1.82, 2.24) is 15.1 Å². The predicted octanol–water partition coefficient (Wildman–Crippen LogP) is 3.54. The Hall–Kier alpha value is -2.55. The lowest BCUT2D eigenvalue weighted by Gasteiger charge is -2.41. The van der Waals surface area contributed by atoms with E-state index < -0.39 is 6.04 Å². The number of anilines is 1. The van der Waals surface area contributed by atoms with E-state index in [-0.39, 0.29) is 23.8 Å². The Morgan fingerprint density at radius 3 is 2.73 bits per heavy atom. The van der Waals surface area contributed by atoms with Gasteiger partial charge in [0.05, 0.1) is 18.9 Å². The third kappa shape index (κ3) is 6.86. The maximum atomic E-state index is 13.6. The minimum atomic E-state index is -0.684. The molecule has 1 aromatic rings. The number of ether oxygens (including phenoxy) is 1. The quantitative estimate of drug-likeness (QED) is 0.473. The second kappa shape index (κ2) is 12.8. The molecule has 8 heteroatoms. The average Bonchev–Trinajstić information content (AvgIpc) is 3.03. The summed E-state index contributed by atoms with van der Waals surface area (Å²) in [5.74, 6) is -0.171. The molecular formula is C29H40N4O3S. The van der Waals surface area contributed by atoms with E-state index in [4.69, 9.17) is 4.74 Å². The van der Waals surface area contributed by atoms with Gasteiger partial charge in [-0.05, 0) is 50.6 Å². The van der Waals surface area contributed by atoms with Crippen molar-refractivity contribution in [3.63, 3.8) is 0 Å². The first-order valence-electron chi connectivity index (χ1n) is 13.2. The fourth-order valence-corrected chi connectivity index (χ4v) is 6.07. The van der Waals surface area contributed by atoms with E-state index >= 15 is 0 Å². The number of carbonyl (C=O) groups excluding carboxylic acids is 2. The number of para-hydroxylation sites is 1. The van der Waals surface area contributed by atoms with Crippen molar-refractivity contribution in [3.8, 4) is 0 Å². The van der Waals surface area contributed by atoms with E-state index in [2.05, 4.69) is 52.3 Å². The van der Waals surface area contributed by atoms with E-state index in [0.29, 0.717) is 32.7 Å². The van der Waals surface area contributed by atoms with Crippen LogP contribution in [0.25, 0.3) is 0 Å². The average molecular weight is 525 g/mol. The van der Waals surface area contributed by atoms with E-state index in [0.717, 1.165) is 31.4 Å². The summed E-state index contributed by atoms with van der Waals surface area (Å²) >= 11 is 1.76. The molecule has 0 radical (unpaired) electrons. The molecular weight excluding hydrogens is 484 g/mol. The number of nitrogens with one attached hydrogen (secondary N) is 1. The zero-order valence-electron chi connectivity index (χ0n) is 22.3. The molecule has 2 heterocycles. The molecule has 37 heavy (non-hydrogen) atoms. The Labute approximate surface area is 225 Å². The Morgan fingerprint density at radius 1 is 1.19 bits per heavy atom. The second-order valence-corrected chi connectivity index (χ2v) is 11.1. The zero-order chi connectivity index (χ0) is 26.3. The molecule has 4 rings (SSSR count). The molecule has 3 aliphatic rings. The van der Waals surface area contributed by atoms with Crippen LogP contribution in [0.5, 0.6) is 0 Å². The van der Waals surface area contributed by atoms with Gasteiger partial charge in [0.25, 0.3) is 0 Å². The van der Waals surface area contributed by atoms with E-state index in [9.17, 15) is 9.59 Å². The van der Waals surface area contributed by atoms with Crippen molar-refractivity contribution in [2.75, 3.05) is 64.0 Å². The number of fused-ring (bicyclic) bond motifs is 2. The van der Waals surface area contributed by atoms with Gasteiger partial charge in [-0.15, -0.1) is 0 Å². The third-order valence-corrected chi connectivity index (χ3v) is 8.26. The Bertz CT molecular complexity index is 1040. The Kier molecular flexibility index (Phi) is 9.51. The lowest BCUT2D eigenvalue weighted by Crippen LogP contribution is -2.55. The highest BCUT2D eigenvalue weighted by Gasteiger charge is 2.45. The van der Waals surface area contributed by atoms with Gasteiger partial charge >= 0.3 is 0 Å². The monoisotopic (exact) mass is 524 g/mol. The first-order valence-corrected chi connectivity index (χ1v) is 14.3. The minimum absolute atomic E-state index is 0.0480. The summed E-state index contributed by atoms with van der Waals surface area (Å²) in [6.07, 6.45) is 15.4. The number of amides is 2. The topological polar surface area (TPSA) is 65.1 Å². The number of nitrogens with zero attached hydrogens (tertiary/aromatic N) is 3. The highest BCUT2D eigenvalue weighted by atomic mass is 32.2. The van der Waals surface area contributed by atoms with Crippen LogP contribution in [-0.2, 0) is 19.7 Å². The summed E-state index contributed by atoms with van der Waals surface area (Å²) in [6, 6.07) is 7.98. The number of hydrogen-bond donors (Lipinski definition) is 1. The number of piperidine rings is 1. The fourth-order valence-electron chi connectivity index (χ4n) is 5.34. The first kappa shape index (κ1) is 27.5. The lowest BCUT2D eigenvalue weighted by molar-refractivity contribution is -0.139. The van der Waals surface area contributed by atoms with Gasteiger partial charge in [-0.25, -0.2) is 0 Å². The van der Waals surface area contributed by atoms with Gasteiger partial charge in [0.2, 0.25) is 11.8 Å². The molecule has 0 saturated carbocycles. The maximum Gasteiger partial charge on any atom is 0.247 e. The molecule has 1 aliphatic carbocycles. The van der Waals surface area contributed by atoms with E-state index in [1.165, 1.54) is 11.3 Å². The summed E-state index contributed by atoms with van der Waals surface area (Å²) < 4.78 is 8.34. The third-order valence-electron chi connectivity index (χ3n) is 7.49. The van der Waals surface area contributed by atoms with Crippen LogP contribution < -0.4 is 9.62 Å². The Morgan fingerprint density at radius 2 is 1.97 bits per heavy atom. The largest absolute Gasteiger partial charge is 0.374 e. The number of rotatable bonds is 10. The number of allylic oxidation sites excluding steroid dienone is 4. The lowest BCUT2D eigenvalue weighted by atomic mass is 9.74. The summed E-state index contributed by atoms with van der Waals surface area (Å²) in [5, 5.41) is 2.97. The van der Waals surface area contributed by atoms with Crippen molar-refractivity contribution in [2.45, 2.75) is 37.1 Å².